The van der Waals surface area contributed by atoms with Crippen LogP contribution in [0.1, 0.15) is 24.5 Å². The average molecular weight is 387 g/mol. The second-order valence-electron chi connectivity index (χ2n) is 7.43. The fourth-order valence-corrected chi connectivity index (χ4v) is 4.57. The molecule has 0 unspecified atom stereocenters. The number of halogens is 1. The second kappa shape index (κ2) is 7.49. The number of nitrogens with zero attached hydrogens (tertiary/aromatic N) is 2. The van der Waals surface area contributed by atoms with Gasteiger partial charge in [0.05, 0.1) is 13.0 Å². The van der Waals surface area contributed by atoms with E-state index in [0.717, 1.165) is 29.8 Å². The molecule has 1 amide bonds. The van der Waals surface area contributed by atoms with E-state index in [-0.39, 0.29) is 17.4 Å². The van der Waals surface area contributed by atoms with E-state index >= 15 is 0 Å². The number of methoxy groups -OCH3 is 1. The number of aromatic nitrogens is 1. The van der Waals surface area contributed by atoms with Crippen LogP contribution in [-0.2, 0) is 16.1 Å². The zero-order valence-electron chi connectivity index (χ0n) is 15.4. The van der Waals surface area contributed by atoms with Crippen molar-refractivity contribution in [3.8, 4) is 11.1 Å². The largest absolute Gasteiger partial charge is 0.384 e. The van der Waals surface area contributed by atoms with E-state index in [0.29, 0.717) is 37.1 Å². The number of rotatable bonds is 4. The number of hydrogen-bond donors (Lipinski definition) is 0. The molecule has 3 heterocycles. The maximum absolute atomic E-state index is 12.5. The van der Waals surface area contributed by atoms with Gasteiger partial charge in [0, 0.05) is 55.0 Å². The third-order valence-corrected chi connectivity index (χ3v) is 5.87. The molecule has 2 aliphatic heterocycles. The molecule has 5 nitrogen and oxygen atoms in total. The summed E-state index contributed by atoms with van der Waals surface area (Å²) >= 11 is 6.04. The van der Waals surface area contributed by atoms with Gasteiger partial charge in [-0.15, -0.1) is 0 Å². The summed E-state index contributed by atoms with van der Waals surface area (Å²) in [5.74, 6) is 0.621. The van der Waals surface area contributed by atoms with Gasteiger partial charge >= 0.3 is 0 Å². The molecule has 4 rings (SSSR count). The van der Waals surface area contributed by atoms with Gasteiger partial charge < -0.3 is 14.2 Å². The van der Waals surface area contributed by atoms with Crippen LogP contribution in [0.3, 0.4) is 0 Å². The Morgan fingerprint density at radius 2 is 1.93 bits per heavy atom. The zero-order valence-corrected chi connectivity index (χ0v) is 16.1. The van der Waals surface area contributed by atoms with Gasteiger partial charge in [-0.1, -0.05) is 23.7 Å². The molecule has 2 aromatic rings. The number of carbonyl (C=O) groups is 1. The van der Waals surface area contributed by atoms with E-state index in [9.17, 15) is 9.59 Å². The van der Waals surface area contributed by atoms with Crippen LogP contribution in [0.4, 0.5) is 0 Å². The molecule has 0 saturated carbocycles. The molecular weight excluding hydrogens is 364 g/mol. The molecule has 0 N–H and O–H groups in total. The normalized spacial score (nSPS) is 21.0. The molecule has 1 saturated heterocycles. The van der Waals surface area contributed by atoms with Gasteiger partial charge in [-0.2, -0.15) is 0 Å². The Morgan fingerprint density at radius 1 is 1.15 bits per heavy atom. The lowest BCUT2D eigenvalue weighted by Crippen LogP contribution is -2.49. The first kappa shape index (κ1) is 18.3. The van der Waals surface area contributed by atoms with Crippen molar-refractivity contribution in [1.82, 2.24) is 9.47 Å². The maximum Gasteiger partial charge on any atom is 0.250 e. The Balaban J connectivity index is 1.71. The van der Waals surface area contributed by atoms with Crippen molar-refractivity contribution in [1.29, 1.82) is 0 Å². The van der Waals surface area contributed by atoms with Crippen molar-refractivity contribution in [2.24, 2.45) is 5.92 Å². The molecule has 2 atom stereocenters. The van der Waals surface area contributed by atoms with Crippen LogP contribution in [0.15, 0.2) is 41.2 Å². The fraction of sp³-hybridized carbons (Fsp3) is 0.429. The van der Waals surface area contributed by atoms with Crippen LogP contribution in [-0.4, -0.2) is 42.2 Å². The number of piperidine rings is 1. The number of pyridine rings is 1. The highest BCUT2D eigenvalue weighted by Crippen LogP contribution is 2.40. The van der Waals surface area contributed by atoms with Gasteiger partial charge in [-0.25, -0.2) is 0 Å². The second-order valence-corrected chi connectivity index (χ2v) is 7.86. The average Bonchev–Trinajstić information content (AvgIpc) is 2.67. The molecular formula is C21H23ClN2O3. The summed E-state index contributed by atoms with van der Waals surface area (Å²) in [6, 6.07) is 11.3. The van der Waals surface area contributed by atoms with Crippen LogP contribution in [0.5, 0.6) is 0 Å². The standard InChI is InChI=1S/C21H23ClN2O3/c1-27-9-8-19(25)23-11-14-10-16(13-23)21-18(6-7-20(26)24(21)12-14)15-2-4-17(22)5-3-15/h2-7,14,16H,8-13H2,1H3/t14-,16-/m1/s1. The summed E-state index contributed by atoms with van der Waals surface area (Å²) in [4.78, 5) is 27.0. The number of carbonyl (C=O) groups excluding carboxylic acids is 1. The lowest BCUT2D eigenvalue weighted by Gasteiger charge is -2.43. The van der Waals surface area contributed by atoms with Crippen molar-refractivity contribution >= 4 is 17.5 Å². The number of fused-ring (bicyclic) bond motifs is 4. The van der Waals surface area contributed by atoms with Crippen LogP contribution in [0.25, 0.3) is 11.1 Å². The molecule has 1 aromatic carbocycles. The molecule has 27 heavy (non-hydrogen) atoms. The Bertz CT molecular complexity index is 907. The summed E-state index contributed by atoms with van der Waals surface area (Å²) < 4.78 is 6.97. The van der Waals surface area contributed by atoms with Crippen molar-refractivity contribution in [2.75, 3.05) is 26.8 Å². The minimum atomic E-state index is 0.0385. The lowest BCUT2D eigenvalue weighted by molar-refractivity contribution is -0.134. The van der Waals surface area contributed by atoms with Crippen molar-refractivity contribution in [3.63, 3.8) is 0 Å². The highest BCUT2D eigenvalue weighted by Gasteiger charge is 2.37. The summed E-state index contributed by atoms with van der Waals surface area (Å²) in [5, 5.41) is 0.688. The third-order valence-electron chi connectivity index (χ3n) is 5.62. The van der Waals surface area contributed by atoms with Gasteiger partial charge in [0.25, 0.3) is 5.56 Å². The van der Waals surface area contributed by atoms with Gasteiger partial charge in [0.2, 0.25) is 5.91 Å². The van der Waals surface area contributed by atoms with Crippen LogP contribution >= 0.6 is 11.6 Å². The highest BCUT2D eigenvalue weighted by atomic mass is 35.5. The number of likely N-dealkylation sites (tertiary alicyclic amines) is 1. The van der Waals surface area contributed by atoms with Crippen LogP contribution in [0.2, 0.25) is 5.02 Å². The first-order valence-corrected chi connectivity index (χ1v) is 9.71. The van der Waals surface area contributed by atoms with Crippen molar-refractivity contribution < 1.29 is 9.53 Å². The first-order valence-electron chi connectivity index (χ1n) is 9.33. The number of hydrogen-bond acceptors (Lipinski definition) is 3. The zero-order chi connectivity index (χ0) is 19.0. The smallest absolute Gasteiger partial charge is 0.250 e. The number of amides is 1. The van der Waals surface area contributed by atoms with Gasteiger partial charge in [0.1, 0.15) is 0 Å². The van der Waals surface area contributed by atoms with Gasteiger partial charge in [0.15, 0.2) is 0 Å². The lowest BCUT2D eigenvalue weighted by atomic mass is 9.80. The monoisotopic (exact) mass is 386 g/mol. The Kier molecular flexibility index (Phi) is 5.06. The predicted molar refractivity (Wildman–Crippen MR) is 105 cm³/mol. The van der Waals surface area contributed by atoms with E-state index < -0.39 is 0 Å². The molecule has 0 spiro atoms. The summed E-state index contributed by atoms with van der Waals surface area (Å²) in [5.41, 5.74) is 3.19. The summed E-state index contributed by atoms with van der Waals surface area (Å²) in [6.45, 7) is 2.48. The van der Waals surface area contributed by atoms with Gasteiger partial charge in [-0.3, -0.25) is 9.59 Å². The Hall–Kier alpha value is -2.11. The predicted octanol–water partition coefficient (Wildman–Crippen LogP) is 3.15. The molecule has 0 radical (unpaired) electrons. The van der Waals surface area contributed by atoms with Crippen LogP contribution < -0.4 is 5.56 Å². The minimum Gasteiger partial charge on any atom is -0.384 e. The van der Waals surface area contributed by atoms with Gasteiger partial charge in [-0.05, 0) is 36.1 Å². The highest BCUT2D eigenvalue weighted by molar-refractivity contribution is 6.30. The molecule has 0 aliphatic carbocycles. The van der Waals surface area contributed by atoms with E-state index in [4.69, 9.17) is 16.3 Å². The quantitative estimate of drug-likeness (QED) is 0.811. The Labute approximate surface area is 163 Å². The Morgan fingerprint density at radius 3 is 2.67 bits per heavy atom. The maximum atomic E-state index is 12.5. The topological polar surface area (TPSA) is 51.5 Å². The first-order chi connectivity index (χ1) is 13.1. The van der Waals surface area contributed by atoms with Crippen molar-refractivity contribution in [2.45, 2.75) is 25.3 Å². The number of ether oxygens (including phenoxy) is 1. The SMILES string of the molecule is COCCC(=O)N1C[C@H]2C[C@H](C1)c1c(-c3ccc(Cl)cc3)ccc(=O)n1C2. The fourth-order valence-electron chi connectivity index (χ4n) is 4.44. The molecule has 2 aliphatic rings. The van der Waals surface area contributed by atoms with E-state index in [1.165, 1.54) is 0 Å². The summed E-state index contributed by atoms with van der Waals surface area (Å²) in [7, 11) is 1.61. The third kappa shape index (κ3) is 3.54. The molecule has 1 aromatic heterocycles. The van der Waals surface area contributed by atoms with Crippen molar-refractivity contribution in [3.05, 3.63) is 57.5 Å². The van der Waals surface area contributed by atoms with E-state index in [1.54, 1.807) is 13.2 Å². The molecule has 2 bridgehead atoms. The molecule has 1 fully saturated rings. The summed E-state index contributed by atoms with van der Waals surface area (Å²) in [6.07, 6.45) is 1.42. The van der Waals surface area contributed by atoms with Crippen LogP contribution in [0, 0.1) is 5.92 Å². The molecule has 6 heteroatoms. The van der Waals surface area contributed by atoms with E-state index in [1.807, 2.05) is 39.8 Å². The molecule has 142 valence electrons. The van der Waals surface area contributed by atoms with E-state index in [2.05, 4.69) is 0 Å². The minimum absolute atomic E-state index is 0.0385. The number of benzene rings is 1.